The summed E-state index contributed by atoms with van der Waals surface area (Å²) in [5.41, 5.74) is 0.289. The maximum Gasteiger partial charge on any atom is 0.245 e. The van der Waals surface area contributed by atoms with Gasteiger partial charge in [-0.25, -0.2) is 0 Å². The van der Waals surface area contributed by atoms with Crippen LogP contribution in [0.25, 0.3) is 0 Å². The monoisotopic (exact) mass is 290 g/mol. The molecule has 1 N–H and O–H groups in total. The average Bonchev–Trinajstić information content (AvgIpc) is 2.48. The number of Topliss-reactive ketones (excluding diaryl/α,β-unsaturated/α-hetero) is 1. The molecule has 6 nitrogen and oxygen atoms in total. The Hall–Kier alpha value is -2.39. The lowest BCUT2D eigenvalue weighted by atomic mass is 9.97. The second-order valence-electron chi connectivity index (χ2n) is 4.52. The third-order valence-electron chi connectivity index (χ3n) is 2.83. The summed E-state index contributed by atoms with van der Waals surface area (Å²) in [6, 6.07) is 7.73. The van der Waals surface area contributed by atoms with E-state index in [0.717, 1.165) is 0 Å². The number of nitriles is 1. The van der Waals surface area contributed by atoms with Gasteiger partial charge in [-0.1, -0.05) is 0 Å². The van der Waals surface area contributed by atoms with E-state index in [2.05, 4.69) is 5.32 Å². The summed E-state index contributed by atoms with van der Waals surface area (Å²) in [4.78, 5) is 24.2. The number of ether oxygens (including phenoxy) is 2. The summed E-state index contributed by atoms with van der Waals surface area (Å²) in [7, 11) is 3.02. The van der Waals surface area contributed by atoms with Crippen molar-refractivity contribution in [2.45, 2.75) is 13.0 Å². The van der Waals surface area contributed by atoms with E-state index < -0.39 is 17.6 Å². The number of methoxy groups -OCH3 is 2. The van der Waals surface area contributed by atoms with E-state index in [1.807, 2.05) is 0 Å². The fourth-order valence-electron chi connectivity index (χ4n) is 1.78. The SMILES string of the molecule is COC[C@H](C)NC(=O)[C@H](C#N)C(=O)c1ccc(OC)cc1. The van der Waals surface area contributed by atoms with Crippen LogP contribution in [0.5, 0.6) is 5.75 Å². The summed E-state index contributed by atoms with van der Waals surface area (Å²) in [6.07, 6.45) is 0. The Morgan fingerprint density at radius 3 is 2.38 bits per heavy atom. The summed E-state index contributed by atoms with van der Waals surface area (Å²) >= 11 is 0. The smallest absolute Gasteiger partial charge is 0.245 e. The van der Waals surface area contributed by atoms with Gasteiger partial charge in [0.25, 0.3) is 0 Å². The second kappa shape index (κ2) is 8.02. The van der Waals surface area contributed by atoms with Crippen LogP contribution in [-0.4, -0.2) is 38.6 Å². The molecular weight excluding hydrogens is 272 g/mol. The number of carbonyl (C=O) groups is 2. The first-order valence-corrected chi connectivity index (χ1v) is 6.40. The molecule has 1 rings (SSSR count). The molecule has 0 saturated heterocycles. The zero-order valence-corrected chi connectivity index (χ0v) is 12.3. The Balaban J connectivity index is 2.81. The minimum Gasteiger partial charge on any atom is -0.497 e. The Bertz CT molecular complexity index is 534. The van der Waals surface area contributed by atoms with Gasteiger partial charge >= 0.3 is 0 Å². The van der Waals surface area contributed by atoms with Gasteiger partial charge in [0.2, 0.25) is 5.91 Å². The summed E-state index contributed by atoms with van der Waals surface area (Å²) < 4.78 is 9.89. The first-order valence-electron chi connectivity index (χ1n) is 6.40. The van der Waals surface area contributed by atoms with E-state index in [0.29, 0.717) is 12.4 Å². The van der Waals surface area contributed by atoms with Gasteiger partial charge in [0.1, 0.15) is 5.75 Å². The van der Waals surface area contributed by atoms with Crippen molar-refractivity contribution in [2.24, 2.45) is 5.92 Å². The molecule has 0 unspecified atom stereocenters. The topological polar surface area (TPSA) is 88.4 Å². The lowest BCUT2D eigenvalue weighted by molar-refractivity contribution is -0.123. The predicted molar refractivity (Wildman–Crippen MR) is 75.9 cm³/mol. The summed E-state index contributed by atoms with van der Waals surface area (Å²) in [5.74, 6) is -1.94. The van der Waals surface area contributed by atoms with Crippen molar-refractivity contribution in [1.82, 2.24) is 5.32 Å². The van der Waals surface area contributed by atoms with Crippen molar-refractivity contribution in [3.8, 4) is 11.8 Å². The third-order valence-corrected chi connectivity index (χ3v) is 2.83. The van der Waals surface area contributed by atoms with Gasteiger partial charge in [0.15, 0.2) is 11.7 Å². The fraction of sp³-hybridized carbons (Fsp3) is 0.400. The van der Waals surface area contributed by atoms with Crippen molar-refractivity contribution in [1.29, 1.82) is 5.26 Å². The highest BCUT2D eigenvalue weighted by Gasteiger charge is 2.28. The van der Waals surface area contributed by atoms with Crippen molar-refractivity contribution in [2.75, 3.05) is 20.8 Å². The zero-order chi connectivity index (χ0) is 15.8. The molecule has 0 aliphatic rings. The zero-order valence-electron chi connectivity index (χ0n) is 12.3. The van der Waals surface area contributed by atoms with E-state index in [4.69, 9.17) is 14.7 Å². The predicted octanol–water partition coefficient (Wildman–Crippen LogP) is 1.17. The molecule has 1 aromatic carbocycles. The number of nitrogens with zero attached hydrogens (tertiary/aromatic N) is 1. The number of amides is 1. The normalized spacial score (nSPS) is 12.9. The molecule has 0 fully saturated rings. The van der Waals surface area contributed by atoms with Crippen LogP contribution in [0.15, 0.2) is 24.3 Å². The Labute approximate surface area is 123 Å². The lowest BCUT2D eigenvalue weighted by Gasteiger charge is -2.15. The van der Waals surface area contributed by atoms with Crippen LogP contribution < -0.4 is 10.1 Å². The number of nitrogens with one attached hydrogen (secondary N) is 1. The van der Waals surface area contributed by atoms with Crippen LogP contribution in [0, 0.1) is 17.2 Å². The Morgan fingerprint density at radius 1 is 1.29 bits per heavy atom. The maximum atomic E-state index is 12.2. The molecule has 6 heteroatoms. The highest BCUT2D eigenvalue weighted by atomic mass is 16.5. The van der Waals surface area contributed by atoms with Crippen LogP contribution in [0.4, 0.5) is 0 Å². The highest BCUT2D eigenvalue weighted by Crippen LogP contribution is 2.15. The van der Waals surface area contributed by atoms with Gasteiger partial charge in [-0.05, 0) is 31.2 Å². The van der Waals surface area contributed by atoms with E-state index in [1.54, 1.807) is 25.1 Å². The molecule has 1 amide bonds. The van der Waals surface area contributed by atoms with E-state index in [9.17, 15) is 9.59 Å². The van der Waals surface area contributed by atoms with Gasteiger partial charge < -0.3 is 14.8 Å². The second-order valence-corrected chi connectivity index (χ2v) is 4.52. The highest BCUT2D eigenvalue weighted by molar-refractivity contribution is 6.12. The summed E-state index contributed by atoms with van der Waals surface area (Å²) in [5, 5.41) is 11.7. The number of carbonyl (C=O) groups excluding carboxylic acids is 2. The number of ketones is 1. The van der Waals surface area contributed by atoms with Crippen LogP contribution >= 0.6 is 0 Å². The molecule has 112 valence electrons. The lowest BCUT2D eigenvalue weighted by Crippen LogP contribution is -2.41. The molecule has 0 radical (unpaired) electrons. The van der Waals surface area contributed by atoms with E-state index >= 15 is 0 Å². The molecule has 0 bridgehead atoms. The van der Waals surface area contributed by atoms with Gasteiger partial charge in [-0.2, -0.15) is 5.26 Å². The van der Waals surface area contributed by atoms with E-state index in [1.165, 1.54) is 26.4 Å². The Morgan fingerprint density at radius 2 is 1.90 bits per heavy atom. The molecular formula is C15H18N2O4. The standard InChI is InChI=1S/C15H18N2O4/c1-10(9-20-2)17-15(19)13(8-16)14(18)11-4-6-12(21-3)7-5-11/h4-7,10,13H,9H2,1-3H3,(H,17,19)/t10-,13+/m0/s1. The quantitative estimate of drug-likeness (QED) is 0.601. The third kappa shape index (κ3) is 4.58. The number of benzene rings is 1. The minimum absolute atomic E-state index is 0.276. The molecule has 0 heterocycles. The molecule has 0 spiro atoms. The molecule has 0 aliphatic heterocycles. The van der Waals surface area contributed by atoms with E-state index in [-0.39, 0.29) is 11.6 Å². The molecule has 2 atom stereocenters. The number of hydrogen-bond acceptors (Lipinski definition) is 5. The maximum absolute atomic E-state index is 12.2. The molecule has 0 saturated carbocycles. The van der Waals surface area contributed by atoms with Crippen molar-refractivity contribution in [3.05, 3.63) is 29.8 Å². The van der Waals surface area contributed by atoms with Crippen molar-refractivity contribution in [3.63, 3.8) is 0 Å². The molecule has 1 aromatic rings. The van der Waals surface area contributed by atoms with Crippen molar-refractivity contribution >= 4 is 11.7 Å². The summed E-state index contributed by atoms with van der Waals surface area (Å²) in [6.45, 7) is 2.04. The Kier molecular flexibility index (Phi) is 6.37. The number of rotatable bonds is 7. The minimum atomic E-state index is -1.38. The van der Waals surface area contributed by atoms with Crippen LogP contribution in [-0.2, 0) is 9.53 Å². The first-order chi connectivity index (χ1) is 10.0. The van der Waals surface area contributed by atoms with Gasteiger partial charge in [-0.3, -0.25) is 9.59 Å². The van der Waals surface area contributed by atoms with Gasteiger partial charge in [-0.15, -0.1) is 0 Å². The van der Waals surface area contributed by atoms with Crippen LogP contribution in [0.3, 0.4) is 0 Å². The first kappa shape index (κ1) is 16.7. The number of hydrogen-bond donors (Lipinski definition) is 1. The largest absolute Gasteiger partial charge is 0.497 e. The van der Waals surface area contributed by atoms with Crippen molar-refractivity contribution < 1.29 is 19.1 Å². The average molecular weight is 290 g/mol. The van der Waals surface area contributed by atoms with Crippen LogP contribution in [0.1, 0.15) is 17.3 Å². The molecule has 0 aromatic heterocycles. The van der Waals surface area contributed by atoms with Crippen LogP contribution in [0.2, 0.25) is 0 Å². The fourth-order valence-corrected chi connectivity index (χ4v) is 1.78. The molecule has 0 aliphatic carbocycles. The van der Waals surface area contributed by atoms with Gasteiger partial charge in [0, 0.05) is 18.7 Å². The molecule has 21 heavy (non-hydrogen) atoms. The van der Waals surface area contributed by atoms with Gasteiger partial charge in [0.05, 0.1) is 19.8 Å².